The second-order valence-electron chi connectivity index (χ2n) is 5.36. The van der Waals surface area contributed by atoms with Gasteiger partial charge in [-0.15, -0.1) is 0 Å². The Bertz CT molecular complexity index is 550. The van der Waals surface area contributed by atoms with Crippen molar-refractivity contribution in [2.24, 2.45) is 5.92 Å². The second-order valence-corrected chi connectivity index (χ2v) is 5.36. The molecule has 0 aromatic heterocycles. The number of nitrogens with zero attached hydrogens (tertiary/aromatic N) is 1. The maximum atomic E-state index is 12.1. The smallest absolute Gasteiger partial charge is 0.335 e. The summed E-state index contributed by atoms with van der Waals surface area (Å²) in [5.41, 5.74) is 1.05. The lowest BCUT2D eigenvalue weighted by atomic mass is 10.1. The number of carbonyl (C=O) groups is 2. The van der Waals surface area contributed by atoms with Crippen LogP contribution in [0.15, 0.2) is 30.3 Å². The minimum Gasteiger partial charge on any atom is -0.478 e. The van der Waals surface area contributed by atoms with Crippen LogP contribution in [0, 0.1) is 5.92 Å². The number of hydrogen-bond acceptors (Lipinski definition) is 3. The van der Waals surface area contributed by atoms with Gasteiger partial charge in [0, 0.05) is 31.7 Å². The van der Waals surface area contributed by atoms with Crippen molar-refractivity contribution >= 4 is 18.0 Å². The van der Waals surface area contributed by atoms with Gasteiger partial charge in [-0.2, -0.15) is 0 Å². The molecule has 0 bridgehead atoms. The van der Waals surface area contributed by atoms with E-state index in [1.165, 1.54) is 12.1 Å². The van der Waals surface area contributed by atoms with Crippen molar-refractivity contribution in [3.05, 3.63) is 41.5 Å². The number of carbonyl (C=O) groups excluding carboxylic acids is 1. The Labute approximate surface area is 130 Å². The van der Waals surface area contributed by atoms with E-state index in [9.17, 15) is 9.59 Å². The molecule has 1 aliphatic rings. The van der Waals surface area contributed by atoms with Crippen LogP contribution in [0.5, 0.6) is 0 Å². The lowest BCUT2D eigenvalue weighted by molar-refractivity contribution is -0.125. The zero-order valence-corrected chi connectivity index (χ0v) is 12.7. The van der Waals surface area contributed by atoms with Crippen molar-refractivity contribution in [3.63, 3.8) is 0 Å². The number of aromatic carboxylic acids is 1. The largest absolute Gasteiger partial charge is 0.478 e. The highest BCUT2D eigenvalue weighted by Gasteiger charge is 2.24. The summed E-state index contributed by atoms with van der Waals surface area (Å²) >= 11 is 0. The van der Waals surface area contributed by atoms with E-state index >= 15 is 0 Å². The number of carboxylic acids is 1. The summed E-state index contributed by atoms with van der Waals surface area (Å²) in [4.78, 5) is 24.7. The Balaban J connectivity index is 1.87. The highest BCUT2D eigenvalue weighted by molar-refractivity contribution is 5.92. The quantitative estimate of drug-likeness (QED) is 0.819. The molecule has 0 aliphatic carbocycles. The number of carboxylic acid groups (broad SMARTS) is 1. The number of rotatable bonds is 6. The van der Waals surface area contributed by atoms with Crippen LogP contribution in [0.25, 0.3) is 6.08 Å². The van der Waals surface area contributed by atoms with Crippen LogP contribution in [-0.4, -0.2) is 48.2 Å². The molecule has 5 heteroatoms. The molecule has 1 N–H and O–H groups in total. The Morgan fingerprint density at radius 3 is 2.73 bits per heavy atom. The topological polar surface area (TPSA) is 66.8 Å². The van der Waals surface area contributed by atoms with Gasteiger partial charge in [0.25, 0.3) is 0 Å². The minimum atomic E-state index is -0.955. The van der Waals surface area contributed by atoms with E-state index in [4.69, 9.17) is 9.84 Å². The second kappa shape index (κ2) is 7.75. The molecule has 22 heavy (non-hydrogen) atoms. The van der Waals surface area contributed by atoms with Crippen LogP contribution < -0.4 is 0 Å². The summed E-state index contributed by atoms with van der Waals surface area (Å²) in [7, 11) is 0. The van der Waals surface area contributed by atoms with Crippen LogP contribution in [-0.2, 0) is 9.53 Å². The van der Waals surface area contributed by atoms with E-state index in [1.54, 1.807) is 24.3 Å². The molecule has 0 radical (unpaired) electrons. The zero-order chi connectivity index (χ0) is 15.9. The average molecular weight is 303 g/mol. The molecule has 0 saturated carbocycles. The molecule has 1 aromatic carbocycles. The molecular formula is C17H21NO4. The van der Waals surface area contributed by atoms with Crippen LogP contribution in [0.4, 0.5) is 0 Å². The summed E-state index contributed by atoms with van der Waals surface area (Å²) in [6.45, 7) is 4.88. The predicted octanol–water partition coefficient (Wildman–Crippen LogP) is 2.28. The third kappa shape index (κ3) is 4.43. The standard InChI is InChI=1S/C17H21NO4/c1-2-22-12-14-9-10-18(11-14)16(19)8-5-13-3-6-15(7-4-13)17(20)21/h3-8,14H,2,9-12H2,1H3,(H,20,21). The first-order valence-electron chi connectivity index (χ1n) is 7.48. The number of ether oxygens (including phenoxy) is 1. The molecule has 1 unspecified atom stereocenters. The number of likely N-dealkylation sites (tertiary alicyclic amines) is 1. The molecule has 1 atom stereocenters. The molecule has 1 aromatic rings. The third-order valence-corrected chi connectivity index (χ3v) is 3.73. The highest BCUT2D eigenvalue weighted by Crippen LogP contribution is 2.17. The highest BCUT2D eigenvalue weighted by atomic mass is 16.5. The van der Waals surface area contributed by atoms with Gasteiger partial charge in [-0.1, -0.05) is 12.1 Å². The van der Waals surface area contributed by atoms with E-state index < -0.39 is 5.97 Å². The van der Waals surface area contributed by atoms with E-state index in [0.29, 0.717) is 19.1 Å². The van der Waals surface area contributed by atoms with Crippen LogP contribution in [0.1, 0.15) is 29.3 Å². The van der Waals surface area contributed by atoms with E-state index in [1.807, 2.05) is 11.8 Å². The lowest BCUT2D eigenvalue weighted by Crippen LogP contribution is -2.27. The molecule has 1 aliphatic heterocycles. The normalized spacial score (nSPS) is 18.0. The van der Waals surface area contributed by atoms with E-state index in [-0.39, 0.29) is 11.5 Å². The first-order chi connectivity index (χ1) is 10.6. The summed E-state index contributed by atoms with van der Waals surface area (Å²) < 4.78 is 5.40. The molecule has 1 saturated heterocycles. The molecule has 1 amide bonds. The molecule has 0 spiro atoms. The molecular weight excluding hydrogens is 282 g/mol. The fourth-order valence-corrected chi connectivity index (χ4v) is 2.46. The minimum absolute atomic E-state index is 0.0127. The first-order valence-corrected chi connectivity index (χ1v) is 7.48. The van der Waals surface area contributed by atoms with Crippen LogP contribution >= 0.6 is 0 Å². The Morgan fingerprint density at radius 1 is 1.36 bits per heavy atom. The van der Waals surface area contributed by atoms with Gasteiger partial charge in [-0.3, -0.25) is 4.79 Å². The molecule has 5 nitrogen and oxygen atoms in total. The molecule has 1 fully saturated rings. The monoisotopic (exact) mass is 303 g/mol. The van der Waals surface area contributed by atoms with Gasteiger partial charge >= 0.3 is 5.97 Å². The lowest BCUT2D eigenvalue weighted by Gasteiger charge is -2.14. The third-order valence-electron chi connectivity index (χ3n) is 3.73. The van der Waals surface area contributed by atoms with Crippen molar-refractivity contribution in [1.29, 1.82) is 0 Å². The van der Waals surface area contributed by atoms with Crippen LogP contribution in [0.2, 0.25) is 0 Å². The molecule has 118 valence electrons. The Kier molecular flexibility index (Phi) is 5.72. The van der Waals surface area contributed by atoms with Gasteiger partial charge < -0.3 is 14.7 Å². The van der Waals surface area contributed by atoms with Crippen molar-refractivity contribution < 1.29 is 19.4 Å². The fraction of sp³-hybridized carbons (Fsp3) is 0.412. The molecule has 1 heterocycles. The van der Waals surface area contributed by atoms with Crippen LogP contribution in [0.3, 0.4) is 0 Å². The van der Waals surface area contributed by atoms with E-state index in [2.05, 4.69) is 0 Å². The number of benzene rings is 1. The van der Waals surface area contributed by atoms with Crippen molar-refractivity contribution in [1.82, 2.24) is 4.90 Å². The molecule has 2 rings (SSSR count). The summed E-state index contributed by atoms with van der Waals surface area (Å²) in [5.74, 6) is -0.544. The van der Waals surface area contributed by atoms with Gasteiger partial charge in [-0.25, -0.2) is 4.79 Å². The van der Waals surface area contributed by atoms with Crippen molar-refractivity contribution in [2.75, 3.05) is 26.3 Å². The first kappa shape index (κ1) is 16.2. The maximum absolute atomic E-state index is 12.1. The van der Waals surface area contributed by atoms with Gasteiger partial charge in [0.05, 0.1) is 12.2 Å². The Hall–Kier alpha value is -2.14. The number of hydrogen-bond donors (Lipinski definition) is 1. The van der Waals surface area contributed by atoms with Crippen molar-refractivity contribution in [2.45, 2.75) is 13.3 Å². The summed E-state index contributed by atoms with van der Waals surface area (Å²) in [6.07, 6.45) is 4.23. The maximum Gasteiger partial charge on any atom is 0.335 e. The van der Waals surface area contributed by atoms with Gasteiger partial charge in [0.2, 0.25) is 5.91 Å². The zero-order valence-electron chi connectivity index (χ0n) is 12.7. The fourth-order valence-electron chi connectivity index (χ4n) is 2.46. The average Bonchev–Trinajstić information content (AvgIpc) is 3.00. The van der Waals surface area contributed by atoms with E-state index in [0.717, 1.165) is 25.1 Å². The summed E-state index contributed by atoms with van der Waals surface area (Å²) in [5, 5.41) is 8.83. The van der Waals surface area contributed by atoms with Gasteiger partial charge in [-0.05, 0) is 37.1 Å². The van der Waals surface area contributed by atoms with Gasteiger partial charge in [0.1, 0.15) is 0 Å². The SMILES string of the molecule is CCOCC1CCN(C(=O)C=Cc2ccc(C(=O)O)cc2)C1. The predicted molar refractivity (Wildman–Crippen MR) is 83.6 cm³/mol. The Morgan fingerprint density at radius 2 is 2.09 bits per heavy atom. The summed E-state index contributed by atoms with van der Waals surface area (Å²) in [6, 6.07) is 6.44. The van der Waals surface area contributed by atoms with Gasteiger partial charge in [0.15, 0.2) is 0 Å². The van der Waals surface area contributed by atoms with Crippen molar-refractivity contribution in [3.8, 4) is 0 Å². The number of amides is 1.